The number of hydrogen-bond donors (Lipinski definition) is 1. The van der Waals surface area contributed by atoms with E-state index in [0.717, 1.165) is 0 Å². The van der Waals surface area contributed by atoms with Crippen molar-refractivity contribution in [2.24, 2.45) is 7.05 Å². The molecule has 0 saturated heterocycles. The number of alkyl halides is 3. The van der Waals surface area contributed by atoms with Crippen molar-refractivity contribution in [2.75, 3.05) is 11.9 Å². The van der Waals surface area contributed by atoms with Gasteiger partial charge in [-0.15, -0.1) is 0 Å². The summed E-state index contributed by atoms with van der Waals surface area (Å²) in [5.41, 5.74) is 0.580. The molecule has 0 saturated carbocycles. The first kappa shape index (κ1) is 20.2. The summed E-state index contributed by atoms with van der Waals surface area (Å²) in [6, 6.07) is 8.80. The zero-order valence-electron chi connectivity index (χ0n) is 14.7. The van der Waals surface area contributed by atoms with Crippen LogP contribution in [0.25, 0.3) is 0 Å². The molecule has 6 nitrogen and oxygen atoms in total. The fraction of sp³-hybridized carbons (Fsp3) is 0.278. The molecule has 0 radical (unpaired) electrons. The van der Waals surface area contributed by atoms with Crippen molar-refractivity contribution in [1.82, 2.24) is 9.47 Å². The van der Waals surface area contributed by atoms with Gasteiger partial charge in [0.1, 0.15) is 0 Å². The topological polar surface area (TPSA) is 71.4 Å². The van der Waals surface area contributed by atoms with Gasteiger partial charge in [0.25, 0.3) is 11.5 Å². The maximum absolute atomic E-state index is 12.6. The molecule has 2 aromatic rings. The van der Waals surface area contributed by atoms with Crippen LogP contribution in [0.15, 0.2) is 47.4 Å². The average molecular weight is 381 g/mol. The van der Waals surface area contributed by atoms with E-state index in [9.17, 15) is 27.6 Å². The van der Waals surface area contributed by atoms with Crippen LogP contribution < -0.4 is 10.9 Å². The number of carbonyl (C=O) groups is 2. The number of pyridine rings is 1. The maximum atomic E-state index is 12.6. The SMILES string of the molecule is CCN(Cc1cccc(NC(=O)c2ccn(C)c(=O)c2)c1)C(=O)C(F)(F)F. The van der Waals surface area contributed by atoms with E-state index >= 15 is 0 Å². The van der Waals surface area contributed by atoms with Gasteiger partial charge in [0.15, 0.2) is 0 Å². The molecular formula is C18H18F3N3O3. The summed E-state index contributed by atoms with van der Waals surface area (Å²) in [7, 11) is 1.55. The molecule has 0 aliphatic rings. The minimum atomic E-state index is -4.94. The molecule has 1 N–H and O–H groups in total. The van der Waals surface area contributed by atoms with Crippen molar-refractivity contribution in [3.8, 4) is 0 Å². The minimum absolute atomic E-state index is 0.109. The zero-order chi connectivity index (χ0) is 20.2. The molecule has 2 rings (SSSR count). The van der Waals surface area contributed by atoms with Crippen molar-refractivity contribution in [1.29, 1.82) is 0 Å². The Morgan fingerprint density at radius 3 is 2.48 bits per heavy atom. The van der Waals surface area contributed by atoms with Gasteiger partial charge in [-0.3, -0.25) is 14.4 Å². The van der Waals surface area contributed by atoms with Crippen LogP contribution in [0.4, 0.5) is 18.9 Å². The van der Waals surface area contributed by atoms with Gasteiger partial charge in [-0.25, -0.2) is 0 Å². The van der Waals surface area contributed by atoms with E-state index < -0.39 is 18.0 Å². The fourth-order valence-corrected chi connectivity index (χ4v) is 2.37. The molecule has 144 valence electrons. The summed E-state index contributed by atoms with van der Waals surface area (Å²) in [6.45, 7) is 1.10. The van der Waals surface area contributed by atoms with Crippen LogP contribution in [0.2, 0.25) is 0 Å². The van der Waals surface area contributed by atoms with Crippen molar-refractivity contribution >= 4 is 17.5 Å². The quantitative estimate of drug-likeness (QED) is 0.865. The molecule has 0 atom stereocenters. The summed E-state index contributed by atoms with van der Waals surface area (Å²) in [6.07, 6.45) is -3.49. The Bertz CT molecular complexity index is 906. The lowest BCUT2D eigenvalue weighted by Crippen LogP contribution is -2.40. The van der Waals surface area contributed by atoms with Gasteiger partial charge in [0.2, 0.25) is 0 Å². The van der Waals surface area contributed by atoms with Crippen molar-refractivity contribution < 1.29 is 22.8 Å². The second-order valence-corrected chi connectivity index (χ2v) is 5.84. The van der Waals surface area contributed by atoms with Gasteiger partial charge in [0, 0.05) is 43.7 Å². The predicted molar refractivity (Wildman–Crippen MR) is 93.2 cm³/mol. The number of benzene rings is 1. The summed E-state index contributed by atoms with van der Waals surface area (Å²) < 4.78 is 39.2. The first-order valence-electron chi connectivity index (χ1n) is 8.05. The highest BCUT2D eigenvalue weighted by Gasteiger charge is 2.41. The number of aryl methyl sites for hydroxylation is 1. The molecule has 1 aromatic carbocycles. The highest BCUT2D eigenvalue weighted by molar-refractivity contribution is 6.04. The molecule has 1 aromatic heterocycles. The summed E-state index contributed by atoms with van der Waals surface area (Å²) >= 11 is 0. The van der Waals surface area contributed by atoms with Crippen molar-refractivity contribution in [3.63, 3.8) is 0 Å². The van der Waals surface area contributed by atoms with Crippen LogP contribution in [0, 0.1) is 0 Å². The van der Waals surface area contributed by atoms with Gasteiger partial charge in [-0.2, -0.15) is 13.2 Å². The summed E-state index contributed by atoms with van der Waals surface area (Å²) in [4.78, 5) is 35.9. The Morgan fingerprint density at radius 2 is 1.89 bits per heavy atom. The smallest absolute Gasteiger partial charge is 0.331 e. The number of amides is 2. The van der Waals surface area contributed by atoms with E-state index in [4.69, 9.17) is 0 Å². The van der Waals surface area contributed by atoms with Crippen LogP contribution in [0.1, 0.15) is 22.8 Å². The van der Waals surface area contributed by atoms with Crippen LogP contribution in [0.3, 0.4) is 0 Å². The Labute approximate surface area is 153 Å². The minimum Gasteiger partial charge on any atom is -0.331 e. The molecule has 0 aliphatic heterocycles. The van der Waals surface area contributed by atoms with Gasteiger partial charge < -0.3 is 14.8 Å². The molecule has 0 aliphatic carbocycles. The second kappa shape index (κ2) is 8.07. The second-order valence-electron chi connectivity index (χ2n) is 5.84. The number of halogens is 3. The van der Waals surface area contributed by atoms with Crippen molar-refractivity contribution in [3.05, 3.63) is 64.1 Å². The molecule has 1 heterocycles. The lowest BCUT2D eigenvalue weighted by atomic mass is 10.1. The normalized spacial score (nSPS) is 11.1. The van der Waals surface area contributed by atoms with Gasteiger partial charge in [0.05, 0.1) is 0 Å². The Balaban J connectivity index is 2.14. The fourth-order valence-electron chi connectivity index (χ4n) is 2.37. The third-order valence-electron chi connectivity index (χ3n) is 3.84. The first-order valence-corrected chi connectivity index (χ1v) is 8.05. The molecule has 2 amide bonds. The number of anilines is 1. The number of nitrogens with one attached hydrogen (secondary N) is 1. The van der Waals surface area contributed by atoms with Crippen LogP contribution in [0.5, 0.6) is 0 Å². The van der Waals surface area contributed by atoms with Gasteiger partial charge >= 0.3 is 12.1 Å². The standard InChI is InChI=1S/C18H18F3N3O3/c1-3-24(17(27)18(19,20)21)11-12-5-4-6-14(9-12)22-16(26)13-7-8-23(2)15(25)10-13/h4-10H,3,11H2,1-2H3,(H,22,26). The lowest BCUT2D eigenvalue weighted by Gasteiger charge is -2.22. The van der Waals surface area contributed by atoms with E-state index in [1.54, 1.807) is 25.2 Å². The third kappa shape index (κ3) is 5.19. The van der Waals surface area contributed by atoms with Crippen LogP contribution >= 0.6 is 0 Å². The largest absolute Gasteiger partial charge is 0.471 e. The Hall–Kier alpha value is -3.10. The summed E-state index contributed by atoms with van der Waals surface area (Å²) in [5.74, 6) is -2.44. The highest BCUT2D eigenvalue weighted by Crippen LogP contribution is 2.21. The molecule has 0 fully saturated rings. The zero-order valence-corrected chi connectivity index (χ0v) is 14.7. The van der Waals surface area contributed by atoms with Crippen LogP contribution in [-0.2, 0) is 18.4 Å². The first-order chi connectivity index (χ1) is 12.6. The Morgan fingerprint density at radius 1 is 1.19 bits per heavy atom. The maximum Gasteiger partial charge on any atom is 0.471 e. The van der Waals surface area contributed by atoms with E-state index in [1.807, 2.05) is 0 Å². The summed E-state index contributed by atoms with van der Waals surface area (Å²) in [5, 5.41) is 2.58. The number of hydrogen-bond acceptors (Lipinski definition) is 3. The van der Waals surface area contributed by atoms with E-state index in [0.29, 0.717) is 16.2 Å². The number of carbonyl (C=O) groups excluding carboxylic acids is 2. The number of rotatable bonds is 5. The highest BCUT2D eigenvalue weighted by atomic mass is 19.4. The lowest BCUT2D eigenvalue weighted by molar-refractivity contribution is -0.185. The average Bonchev–Trinajstić information content (AvgIpc) is 2.61. The van der Waals surface area contributed by atoms with E-state index in [1.165, 1.54) is 35.9 Å². The molecule has 0 spiro atoms. The molecule has 27 heavy (non-hydrogen) atoms. The van der Waals surface area contributed by atoms with Gasteiger partial charge in [-0.05, 0) is 30.7 Å². The monoisotopic (exact) mass is 381 g/mol. The van der Waals surface area contributed by atoms with Crippen molar-refractivity contribution in [2.45, 2.75) is 19.6 Å². The third-order valence-corrected chi connectivity index (χ3v) is 3.84. The number of aromatic nitrogens is 1. The van der Waals surface area contributed by atoms with Crippen LogP contribution in [-0.4, -0.2) is 34.0 Å². The molecular weight excluding hydrogens is 363 g/mol. The number of nitrogens with zero attached hydrogens (tertiary/aromatic N) is 2. The Kier molecular flexibility index (Phi) is 6.04. The predicted octanol–water partition coefficient (Wildman–Crippen LogP) is 2.55. The molecule has 9 heteroatoms. The molecule has 0 bridgehead atoms. The van der Waals surface area contributed by atoms with E-state index in [-0.39, 0.29) is 24.2 Å². The van der Waals surface area contributed by atoms with Gasteiger partial charge in [-0.1, -0.05) is 12.1 Å². The molecule has 0 unspecified atom stereocenters. The van der Waals surface area contributed by atoms with E-state index in [2.05, 4.69) is 5.32 Å².